The highest BCUT2D eigenvalue weighted by molar-refractivity contribution is 5.88. The van der Waals surface area contributed by atoms with Crippen LogP contribution in [0.1, 0.15) is 26.3 Å². The Labute approximate surface area is 177 Å². The maximum Gasteiger partial charge on any atom is 0.261 e. The predicted octanol–water partition coefficient (Wildman–Crippen LogP) is 3.02. The van der Waals surface area contributed by atoms with Gasteiger partial charge in [-0.1, -0.05) is 12.1 Å². The lowest BCUT2D eigenvalue weighted by atomic mass is 10.1. The molecular weight excluding hydrogens is 384 g/mol. The highest BCUT2D eigenvalue weighted by atomic mass is 16.5. The minimum atomic E-state index is -0.662. The van der Waals surface area contributed by atoms with Gasteiger partial charge in [0.1, 0.15) is 23.3 Å². The van der Waals surface area contributed by atoms with Gasteiger partial charge in [-0.25, -0.2) is 0 Å². The summed E-state index contributed by atoms with van der Waals surface area (Å²) >= 11 is 0. The molecular formula is C23H30N2O5. The lowest BCUT2D eigenvalue weighted by Crippen LogP contribution is -2.50. The van der Waals surface area contributed by atoms with Gasteiger partial charge in [-0.2, -0.15) is 0 Å². The van der Waals surface area contributed by atoms with Gasteiger partial charge in [-0.05, 0) is 62.7 Å². The van der Waals surface area contributed by atoms with Crippen molar-refractivity contribution in [3.63, 3.8) is 0 Å². The van der Waals surface area contributed by atoms with Crippen LogP contribution in [0.25, 0.3) is 0 Å². The molecule has 2 aromatic carbocycles. The van der Waals surface area contributed by atoms with Gasteiger partial charge >= 0.3 is 0 Å². The van der Waals surface area contributed by atoms with Crippen molar-refractivity contribution >= 4 is 11.8 Å². The fourth-order valence-electron chi connectivity index (χ4n) is 2.86. The Morgan fingerprint density at radius 1 is 0.933 bits per heavy atom. The van der Waals surface area contributed by atoms with E-state index >= 15 is 0 Å². The number of ether oxygens (including phenoxy) is 3. The van der Waals surface area contributed by atoms with Crippen molar-refractivity contribution in [3.8, 4) is 17.2 Å². The van der Waals surface area contributed by atoms with E-state index in [-0.39, 0.29) is 31.0 Å². The molecule has 0 heterocycles. The topological polar surface area (TPSA) is 77.1 Å². The first-order valence-electron chi connectivity index (χ1n) is 9.83. The molecule has 0 bridgehead atoms. The van der Waals surface area contributed by atoms with Gasteiger partial charge in [0, 0.05) is 12.6 Å². The van der Waals surface area contributed by atoms with E-state index in [0.717, 1.165) is 5.56 Å². The molecule has 1 N–H and O–H groups in total. The van der Waals surface area contributed by atoms with Crippen molar-refractivity contribution in [2.24, 2.45) is 0 Å². The van der Waals surface area contributed by atoms with E-state index in [1.165, 1.54) is 4.90 Å². The third-order valence-electron chi connectivity index (χ3n) is 4.51. The summed E-state index contributed by atoms with van der Waals surface area (Å²) in [7, 11) is 3.17. The zero-order valence-corrected chi connectivity index (χ0v) is 18.2. The highest BCUT2D eigenvalue weighted by Crippen LogP contribution is 2.19. The molecule has 0 fully saturated rings. The first kappa shape index (κ1) is 23.1. The van der Waals surface area contributed by atoms with Crippen LogP contribution >= 0.6 is 0 Å². The minimum Gasteiger partial charge on any atom is -0.497 e. The summed E-state index contributed by atoms with van der Waals surface area (Å²) in [6.07, 6.45) is 0. The quantitative estimate of drug-likeness (QED) is 0.647. The van der Waals surface area contributed by atoms with Crippen LogP contribution in [0.15, 0.2) is 48.5 Å². The molecule has 0 radical (unpaired) electrons. The first-order valence-corrected chi connectivity index (χ1v) is 9.83. The van der Waals surface area contributed by atoms with Crippen molar-refractivity contribution in [2.45, 2.75) is 39.4 Å². The van der Waals surface area contributed by atoms with Crippen LogP contribution in [-0.4, -0.2) is 49.6 Å². The van der Waals surface area contributed by atoms with E-state index in [4.69, 9.17) is 14.2 Å². The van der Waals surface area contributed by atoms with Crippen molar-refractivity contribution in [2.75, 3.05) is 20.8 Å². The molecule has 7 heteroatoms. The monoisotopic (exact) mass is 414 g/mol. The second kappa shape index (κ2) is 11.1. The fraction of sp³-hybridized carbons (Fsp3) is 0.391. The summed E-state index contributed by atoms with van der Waals surface area (Å²) in [5.41, 5.74) is 0.858. The Hall–Kier alpha value is -3.22. The molecule has 0 aromatic heterocycles. The summed E-state index contributed by atoms with van der Waals surface area (Å²) in [4.78, 5) is 27.1. The third kappa shape index (κ3) is 6.69. The average Bonchev–Trinajstić information content (AvgIpc) is 2.75. The van der Waals surface area contributed by atoms with Crippen LogP contribution in [0.2, 0.25) is 0 Å². The SMILES string of the molecule is COc1ccc(OCC(=O)N(Cc2cccc(OC)c2)[C@@H](C)C(=O)NC(C)C)cc1. The Morgan fingerprint density at radius 2 is 1.57 bits per heavy atom. The number of carbonyl (C=O) groups excluding carboxylic acids is 2. The van der Waals surface area contributed by atoms with Gasteiger partial charge in [0.2, 0.25) is 5.91 Å². The van der Waals surface area contributed by atoms with Crippen LogP contribution in [0, 0.1) is 0 Å². The summed E-state index contributed by atoms with van der Waals surface area (Å²) < 4.78 is 16.0. The lowest BCUT2D eigenvalue weighted by molar-refractivity contribution is -0.142. The molecule has 2 amide bonds. The zero-order valence-electron chi connectivity index (χ0n) is 18.2. The van der Waals surface area contributed by atoms with Crippen molar-refractivity contribution in [1.29, 1.82) is 0 Å². The number of hydrogen-bond donors (Lipinski definition) is 1. The summed E-state index contributed by atoms with van der Waals surface area (Å²) in [6.45, 7) is 5.55. The predicted molar refractivity (Wildman–Crippen MR) is 115 cm³/mol. The maximum absolute atomic E-state index is 13.0. The Balaban J connectivity index is 2.15. The van der Waals surface area contributed by atoms with Crippen LogP contribution in [-0.2, 0) is 16.1 Å². The van der Waals surface area contributed by atoms with E-state index in [1.54, 1.807) is 45.4 Å². The first-order chi connectivity index (χ1) is 14.3. The van der Waals surface area contributed by atoms with Crippen LogP contribution in [0.5, 0.6) is 17.2 Å². The molecule has 162 valence electrons. The Morgan fingerprint density at radius 3 is 2.17 bits per heavy atom. The Kier molecular flexibility index (Phi) is 8.53. The molecule has 2 aromatic rings. The summed E-state index contributed by atoms with van der Waals surface area (Å²) in [5.74, 6) is 1.43. The van der Waals surface area contributed by atoms with Crippen molar-refractivity contribution in [1.82, 2.24) is 10.2 Å². The standard InChI is InChI=1S/C23H30N2O5/c1-16(2)24-23(27)17(3)25(14-18-7-6-8-21(13-18)29-5)22(26)15-30-20-11-9-19(28-4)10-12-20/h6-13,16-17H,14-15H2,1-5H3,(H,24,27)/t17-/m0/s1. The Bertz CT molecular complexity index is 836. The molecule has 2 rings (SSSR count). The molecule has 0 aliphatic heterocycles. The molecule has 0 saturated carbocycles. The second-order valence-electron chi connectivity index (χ2n) is 7.18. The van der Waals surface area contributed by atoms with Gasteiger partial charge < -0.3 is 24.4 Å². The van der Waals surface area contributed by atoms with E-state index in [2.05, 4.69) is 5.32 Å². The summed E-state index contributed by atoms with van der Waals surface area (Å²) in [6, 6.07) is 13.7. The van der Waals surface area contributed by atoms with Crippen LogP contribution < -0.4 is 19.5 Å². The molecule has 0 saturated heterocycles. The number of amides is 2. The van der Waals surface area contributed by atoms with E-state index < -0.39 is 6.04 Å². The molecule has 0 spiro atoms. The number of rotatable bonds is 10. The van der Waals surface area contributed by atoms with E-state index in [1.807, 2.05) is 38.1 Å². The van der Waals surface area contributed by atoms with Gasteiger partial charge in [-0.3, -0.25) is 9.59 Å². The highest BCUT2D eigenvalue weighted by Gasteiger charge is 2.27. The van der Waals surface area contributed by atoms with Gasteiger partial charge in [0.15, 0.2) is 6.61 Å². The van der Waals surface area contributed by atoms with Gasteiger partial charge in [-0.15, -0.1) is 0 Å². The second-order valence-corrected chi connectivity index (χ2v) is 7.18. The molecule has 1 atom stereocenters. The van der Waals surface area contributed by atoms with E-state index in [0.29, 0.717) is 17.2 Å². The lowest BCUT2D eigenvalue weighted by Gasteiger charge is -2.29. The summed E-state index contributed by atoms with van der Waals surface area (Å²) in [5, 5.41) is 2.86. The third-order valence-corrected chi connectivity index (χ3v) is 4.51. The van der Waals surface area contributed by atoms with Gasteiger partial charge in [0.25, 0.3) is 5.91 Å². The number of methoxy groups -OCH3 is 2. The van der Waals surface area contributed by atoms with Crippen LogP contribution in [0.3, 0.4) is 0 Å². The smallest absolute Gasteiger partial charge is 0.261 e. The number of carbonyl (C=O) groups is 2. The number of nitrogens with one attached hydrogen (secondary N) is 1. The average molecular weight is 415 g/mol. The minimum absolute atomic E-state index is 0.0238. The zero-order chi connectivity index (χ0) is 22.1. The molecule has 30 heavy (non-hydrogen) atoms. The molecule has 0 unspecified atom stereocenters. The molecule has 0 aliphatic rings. The maximum atomic E-state index is 13.0. The molecule has 7 nitrogen and oxygen atoms in total. The van der Waals surface area contributed by atoms with E-state index in [9.17, 15) is 9.59 Å². The number of hydrogen-bond acceptors (Lipinski definition) is 5. The normalized spacial score (nSPS) is 11.5. The largest absolute Gasteiger partial charge is 0.497 e. The van der Waals surface area contributed by atoms with Crippen molar-refractivity contribution in [3.05, 3.63) is 54.1 Å². The number of benzene rings is 2. The fourth-order valence-corrected chi connectivity index (χ4v) is 2.86. The molecule has 0 aliphatic carbocycles. The van der Waals surface area contributed by atoms with Gasteiger partial charge in [0.05, 0.1) is 14.2 Å². The van der Waals surface area contributed by atoms with Crippen molar-refractivity contribution < 1.29 is 23.8 Å². The van der Waals surface area contributed by atoms with Crippen LogP contribution in [0.4, 0.5) is 0 Å². The number of nitrogens with zero attached hydrogens (tertiary/aromatic N) is 1.